The summed E-state index contributed by atoms with van der Waals surface area (Å²) >= 11 is 0. The second kappa shape index (κ2) is 7.00. The maximum absolute atomic E-state index is 12.2. The van der Waals surface area contributed by atoms with Crippen molar-refractivity contribution in [3.8, 4) is 0 Å². The van der Waals surface area contributed by atoms with Gasteiger partial charge in [-0.05, 0) is 36.2 Å². The number of hydrogen-bond donors (Lipinski definition) is 2. The Morgan fingerprint density at radius 3 is 2.44 bits per heavy atom. The molecule has 3 rings (SSSR count). The average Bonchev–Trinajstić information content (AvgIpc) is 2.65. The van der Waals surface area contributed by atoms with E-state index < -0.39 is 15.9 Å². The summed E-state index contributed by atoms with van der Waals surface area (Å²) < 4.78 is 24.5. The minimum atomic E-state index is -3.84. The summed E-state index contributed by atoms with van der Waals surface area (Å²) in [7, 11) is -3.84. The van der Waals surface area contributed by atoms with Gasteiger partial charge in [-0.3, -0.25) is 10.2 Å². The van der Waals surface area contributed by atoms with Gasteiger partial charge in [0.15, 0.2) is 0 Å². The van der Waals surface area contributed by atoms with Crippen LogP contribution < -0.4 is 10.3 Å². The molecule has 2 N–H and O–H groups in total. The summed E-state index contributed by atoms with van der Waals surface area (Å²) in [6, 6.07) is 17.1. The Hall–Kier alpha value is -2.77. The maximum Gasteiger partial charge on any atom is 0.284 e. The molecule has 1 aromatic heterocycles. The number of carbonyl (C=O) groups is 1. The Bertz CT molecular complexity index is 1020. The average molecular weight is 355 g/mol. The van der Waals surface area contributed by atoms with Crippen molar-refractivity contribution >= 4 is 26.8 Å². The highest BCUT2D eigenvalue weighted by molar-refractivity contribution is 7.89. The number of pyridine rings is 1. The lowest BCUT2D eigenvalue weighted by Gasteiger charge is -2.09. The van der Waals surface area contributed by atoms with Crippen LogP contribution in [0.1, 0.15) is 23.0 Å². The Labute approximate surface area is 145 Å². The Kier molecular flexibility index (Phi) is 4.78. The zero-order valence-electron chi connectivity index (χ0n) is 13.6. The Morgan fingerprint density at radius 1 is 1.00 bits per heavy atom. The molecule has 0 atom stereocenters. The molecule has 0 aliphatic rings. The number of nitrogens with zero attached hydrogens (tertiary/aromatic N) is 1. The lowest BCUT2D eigenvalue weighted by molar-refractivity contribution is 0.0940. The van der Waals surface area contributed by atoms with Gasteiger partial charge in [-0.1, -0.05) is 43.3 Å². The number of rotatable bonds is 5. The molecule has 0 aliphatic heterocycles. The molecule has 2 aromatic carbocycles. The van der Waals surface area contributed by atoms with E-state index in [0.29, 0.717) is 5.52 Å². The van der Waals surface area contributed by atoms with Crippen LogP contribution >= 0.6 is 0 Å². The standard InChI is InChI=1S/C18H17N3O3S/c1-2-13-7-10-15(11-8-13)25(23,24)21-20-18(22)17-12-9-14-5-3-4-6-16(14)19-17/h3-12,21H,2H2,1H3,(H,20,22). The van der Waals surface area contributed by atoms with Gasteiger partial charge in [0.1, 0.15) is 5.69 Å². The lowest BCUT2D eigenvalue weighted by Crippen LogP contribution is -2.41. The van der Waals surface area contributed by atoms with E-state index in [4.69, 9.17) is 0 Å². The van der Waals surface area contributed by atoms with Gasteiger partial charge in [-0.15, -0.1) is 4.83 Å². The first-order valence-corrected chi connectivity index (χ1v) is 9.25. The fourth-order valence-electron chi connectivity index (χ4n) is 2.33. The molecule has 128 valence electrons. The third-order valence-corrected chi connectivity index (χ3v) is 5.04. The van der Waals surface area contributed by atoms with Gasteiger partial charge in [0.25, 0.3) is 15.9 Å². The van der Waals surface area contributed by atoms with Crippen molar-refractivity contribution < 1.29 is 13.2 Å². The number of para-hydroxylation sites is 1. The Morgan fingerprint density at radius 2 is 1.72 bits per heavy atom. The molecule has 0 saturated carbocycles. The minimum absolute atomic E-state index is 0.0801. The van der Waals surface area contributed by atoms with Crippen LogP contribution in [-0.4, -0.2) is 19.3 Å². The monoisotopic (exact) mass is 355 g/mol. The number of benzene rings is 2. The van der Waals surface area contributed by atoms with E-state index in [1.165, 1.54) is 12.1 Å². The second-order valence-electron chi connectivity index (χ2n) is 5.45. The summed E-state index contributed by atoms with van der Waals surface area (Å²) in [5, 5.41) is 0.899. The molecule has 25 heavy (non-hydrogen) atoms. The van der Waals surface area contributed by atoms with E-state index in [9.17, 15) is 13.2 Å². The first-order chi connectivity index (χ1) is 12.0. The summed E-state index contributed by atoms with van der Waals surface area (Å²) in [6.07, 6.45) is 0.818. The second-order valence-corrected chi connectivity index (χ2v) is 7.13. The van der Waals surface area contributed by atoms with Crippen molar-refractivity contribution in [3.63, 3.8) is 0 Å². The van der Waals surface area contributed by atoms with E-state index in [2.05, 4.69) is 15.2 Å². The number of aromatic nitrogens is 1. The fourth-order valence-corrected chi connectivity index (χ4v) is 3.17. The molecule has 0 radical (unpaired) electrons. The Balaban J connectivity index is 1.73. The fraction of sp³-hybridized carbons (Fsp3) is 0.111. The van der Waals surface area contributed by atoms with Gasteiger partial charge >= 0.3 is 0 Å². The normalized spacial score (nSPS) is 11.4. The molecule has 3 aromatic rings. The first kappa shape index (κ1) is 17.1. The van der Waals surface area contributed by atoms with Gasteiger partial charge < -0.3 is 0 Å². The van der Waals surface area contributed by atoms with Crippen LogP contribution in [0.15, 0.2) is 65.6 Å². The van der Waals surface area contributed by atoms with Crippen LogP contribution in [0.2, 0.25) is 0 Å². The van der Waals surface area contributed by atoms with Crippen LogP contribution in [0, 0.1) is 0 Å². The molecule has 1 amide bonds. The van der Waals surface area contributed by atoms with E-state index in [0.717, 1.165) is 17.4 Å². The van der Waals surface area contributed by atoms with Crippen molar-refractivity contribution in [2.45, 2.75) is 18.2 Å². The zero-order valence-corrected chi connectivity index (χ0v) is 14.4. The van der Waals surface area contributed by atoms with Crippen molar-refractivity contribution in [2.24, 2.45) is 0 Å². The predicted molar refractivity (Wildman–Crippen MR) is 95.4 cm³/mol. The molecular formula is C18H17N3O3S. The topological polar surface area (TPSA) is 88.2 Å². The molecular weight excluding hydrogens is 338 g/mol. The number of hydrazine groups is 1. The number of carbonyl (C=O) groups excluding carboxylic acids is 1. The molecule has 0 saturated heterocycles. The van der Waals surface area contributed by atoms with E-state index in [1.807, 2.05) is 25.1 Å². The number of nitrogens with one attached hydrogen (secondary N) is 2. The summed E-state index contributed by atoms with van der Waals surface area (Å²) in [5.74, 6) is -0.625. The highest BCUT2D eigenvalue weighted by atomic mass is 32.2. The highest BCUT2D eigenvalue weighted by Gasteiger charge is 2.16. The van der Waals surface area contributed by atoms with Gasteiger partial charge in [0.05, 0.1) is 10.4 Å². The molecule has 0 unspecified atom stereocenters. The van der Waals surface area contributed by atoms with Crippen LogP contribution in [0.3, 0.4) is 0 Å². The van der Waals surface area contributed by atoms with Crippen LogP contribution in [-0.2, 0) is 16.4 Å². The molecule has 1 heterocycles. The van der Waals surface area contributed by atoms with Crippen molar-refractivity contribution in [1.29, 1.82) is 0 Å². The quantitative estimate of drug-likeness (QED) is 0.688. The summed E-state index contributed by atoms with van der Waals surface area (Å²) in [4.78, 5) is 18.6. The van der Waals surface area contributed by atoms with Crippen LogP contribution in [0.25, 0.3) is 10.9 Å². The van der Waals surface area contributed by atoms with Crippen molar-refractivity contribution in [3.05, 3.63) is 71.9 Å². The minimum Gasteiger partial charge on any atom is -0.272 e. The first-order valence-electron chi connectivity index (χ1n) is 7.76. The number of amides is 1. The predicted octanol–water partition coefficient (Wildman–Crippen LogP) is 2.42. The maximum atomic E-state index is 12.2. The van der Waals surface area contributed by atoms with Crippen molar-refractivity contribution in [2.75, 3.05) is 0 Å². The number of sulfonamides is 1. The van der Waals surface area contributed by atoms with Crippen LogP contribution in [0.4, 0.5) is 0 Å². The highest BCUT2D eigenvalue weighted by Crippen LogP contribution is 2.12. The molecule has 7 heteroatoms. The van der Waals surface area contributed by atoms with E-state index in [-0.39, 0.29) is 10.6 Å². The van der Waals surface area contributed by atoms with Gasteiger partial charge in [0.2, 0.25) is 0 Å². The zero-order chi connectivity index (χ0) is 17.9. The molecule has 0 fully saturated rings. The smallest absolute Gasteiger partial charge is 0.272 e. The number of fused-ring (bicyclic) bond motifs is 1. The van der Waals surface area contributed by atoms with Crippen LogP contribution in [0.5, 0.6) is 0 Å². The van der Waals surface area contributed by atoms with E-state index >= 15 is 0 Å². The third-order valence-electron chi connectivity index (χ3n) is 3.77. The summed E-state index contributed by atoms with van der Waals surface area (Å²) in [5.41, 5.74) is 4.01. The number of aryl methyl sites for hydroxylation is 1. The number of hydrogen-bond acceptors (Lipinski definition) is 4. The SMILES string of the molecule is CCc1ccc(S(=O)(=O)NNC(=O)c2ccc3ccccc3n2)cc1. The van der Waals surface area contributed by atoms with Gasteiger partial charge in [-0.2, -0.15) is 0 Å². The largest absolute Gasteiger partial charge is 0.284 e. The lowest BCUT2D eigenvalue weighted by atomic mass is 10.2. The van der Waals surface area contributed by atoms with Crippen molar-refractivity contribution in [1.82, 2.24) is 15.2 Å². The molecule has 0 spiro atoms. The van der Waals surface area contributed by atoms with E-state index in [1.54, 1.807) is 30.3 Å². The third kappa shape index (κ3) is 3.84. The van der Waals surface area contributed by atoms with Gasteiger partial charge in [-0.25, -0.2) is 13.4 Å². The molecule has 6 nitrogen and oxygen atoms in total. The summed E-state index contributed by atoms with van der Waals surface area (Å²) in [6.45, 7) is 1.98. The van der Waals surface area contributed by atoms with Gasteiger partial charge in [0, 0.05) is 5.39 Å². The molecule has 0 bridgehead atoms. The molecule has 0 aliphatic carbocycles.